The van der Waals surface area contributed by atoms with Gasteiger partial charge in [0.05, 0.1) is 21.9 Å². The molecule has 1 saturated carbocycles. The van der Waals surface area contributed by atoms with Crippen LogP contribution in [0.1, 0.15) is 56.8 Å². The molecule has 4 rings (SSSR count). The zero-order chi connectivity index (χ0) is 23.1. The van der Waals surface area contributed by atoms with Gasteiger partial charge in [-0.05, 0) is 72.9 Å². The van der Waals surface area contributed by atoms with E-state index in [1.165, 1.54) is 25.7 Å². The van der Waals surface area contributed by atoms with Crippen molar-refractivity contribution in [2.45, 2.75) is 51.3 Å². The molecule has 1 N–H and O–H groups in total. The Labute approximate surface area is 199 Å². The summed E-state index contributed by atoms with van der Waals surface area (Å²) in [5.74, 6) is -0.186. The minimum absolute atomic E-state index is 0.0463. The number of hydrogen-bond donors (Lipinski definition) is 1. The molecule has 2 aliphatic rings. The van der Waals surface area contributed by atoms with E-state index in [0.29, 0.717) is 16.7 Å². The molecule has 0 aromatic heterocycles. The molecular formula is C25H31BrN2O3S. The second-order valence-electron chi connectivity index (χ2n) is 10.5. The van der Waals surface area contributed by atoms with E-state index in [1.807, 2.05) is 39.0 Å². The highest BCUT2D eigenvalue weighted by Crippen LogP contribution is 2.54. The quantitative estimate of drug-likeness (QED) is 0.534. The van der Waals surface area contributed by atoms with Crippen LogP contribution in [0.5, 0.6) is 0 Å². The van der Waals surface area contributed by atoms with E-state index in [0.717, 1.165) is 23.2 Å². The second-order valence-corrected chi connectivity index (χ2v) is 13.4. The van der Waals surface area contributed by atoms with Crippen molar-refractivity contribution in [2.75, 3.05) is 29.1 Å². The topological polar surface area (TPSA) is 66.5 Å². The van der Waals surface area contributed by atoms with Crippen LogP contribution in [-0.4, -0.2) is 33.2 Å². The predicted octanol–water partition coefficient (Wildman–Crippen LogP) is 5.90. The molecule has 32 heavy (non-hydrogen) atoms. The molecule has 1 heterocycles. The molecule has 1 spiro atoms. The standard InChI is InChI=1S/C25H31BrN2O3S/c1-24(2,3)17-32(30,31)20-6-4-5-19(16-20)27-23(29)21-8-7-18(26)15-22(21)28-13-11-25(9-10-25)12-14-28/h4-8,15-16H,9-14,17H2,1-3H3,(H,27,29). The van der Waals surface area contributed by atoms with E-state index in [2.05, 4.69) is 26.1 Å². The van der Waals surface area contributed by atoms with Crippen molar-refractivity contribution in [1.82, 2.24) is 0 Å². The van der Waals surface area contributed by atoms with Crippen molar-refractivity contribution in [3.8, 4) is 0 Å². The molecular weight excluding hydrogens is 488 g/mol. The maximum atomic E-state index is 13.2. The van der Waals surface area contributed by atoms with Gasteiger partial charge in [-0.25, -0.2) is 8.42 Å². The third kappa shape index (κ3) is 5.37. The summed E-state index contributed by atoms with van der Waals surface area (Å²) in [6.07, 6.45) is 5.02. The second kappa shape index (κ2) is 8.49. The van der Waals surface area contributed by atoms with Crippen LogP contribution in [0.2, 0.25) is 0 Å². The molecule has 1 saturated heterocycles. The van der Waals surface area contributed by atoms with Gasteiger partial charge in [0.15, 0.2) is 9.84 Å². The number of amides is 1. The van der Waals surface area contributed by atoms with Gasteiger partial charge in [0.2, 0.25) is 0 Å². The van der Waals surface area contributed by atoms with Crippen molar-refractivity contribution < 1.29 is 13.2 Å². The number of piperidine rings is 1. The monoisotopic (exact) mass is 518 g/mol. The molecule has 5 nitrogen and oxygen atoms in total. The third-order valence-electron chi connectivity index (χ3n) is 6.40. The molecule has 7 heteroatoms. The fraction of sp³-hybridized carbons (Fsp3) is 0.480. The van der Waals surface area contributed by atoms with Crippen molar-refractivity contribution >= 4 is 43.0 Å². The van der Waals surface area contributed by atoms with E-state index in [-0.39, 0.29) is 22.0 Å². The zero-order valence-electron chi connectivity index (χ0n) is 18.9. The van der Waals surface area contributed by atoms with Crippen LogP contribution in [0.4, 0.5) is 11.4 Å². The van der Waals surface area contributed by atoms with Crippen LogP contribution in [0.3, 0.4) is 0 Å². The van der Waals surface area contributed by atoms with E-state index in [4.69, 9.17) is 0 Å². The van der Waals surface area contributed by atoms with Gasteiger partial charge in [0, 0.05) is 23.2 Å². The largest absolute Gasteiger partial charge is 0.371 e. The summed E-state index contributed by atoms with van der Waals surface area (Å²) in [5.41, 5.74) is 2.21. The maximum Gasteiger partial charge on any atom is 0.257 e. The SMILES string of the molecule is CC(C)(C)CS(=O)(=O)c1cccc(NC(=O)c2ccc(Br)cc2N2CCC3(CC2)CC3)c1. The van der Waals surface area contributed by atoms with Crippen molar-refractivity contribution in [2.24, 2.45) is 10.8 Å². The van der Waals surface area contributed by atoms with Crippen LogP contribution in [0.15, 0.2) is 51.8 Å². The first-order valence-corrected chi connectivity index (χ1v) is 13.6. The lowest BCUT2D eigenvalue weighted by Gasteiger charge is -2.35. The Kier molecular flexibility index (Phi) is 6.18. The van der Waals surface area contributed by atoms with Crippen molar-refractivity contribution in [3.63, 3.8) is 0 Å². The molecule has 0 bridgehead atoms. The van der Waals surface area contributed by atoms with Gasteiger partial charge in [-0.15, -0.1) is 0 Å². The summed E-state index contributed by atoms with van der Waals surface area (Å²) in [4.78, 5) is 15.7. The maximum absolute atomic E-state index is 13.2. The Morgan fingerprint density at radius 2 is 1.75 bits per heavy atom. The van der Waals surface area contributed by atoms with E-state index in [9.17, 15) is 13.2 Å². The number of sulfone groups is 1. The molecule has 1 amide bonds. The summed E-state index contributed by atoms with van der Waals surface area (Å²) in [7, 11) is -3.44. The summed E-state index contributed by atoms with van der Waals surface area (Å²) < 4.78 is 26.5. The minimum Gasteiger partial charge on any atom is -0.371 e. The molecule has 1 aliphatic carbocycles. The summed E-state index contributed by atoms with van der Waals surface area (Å²) in [6.45, 7) is 7.61. The molecule has 2 fully saturated rings. The Bertz CT molecular complexity index is 1120. The van der Waals surface area contributed by atoms with Gasteiger partial charge in [0.1, 0.15) is 0 Å². The number of halogens is 1. The highest BCUT2D eigenvalue weighted by molar-refractivity contribution is 9.10. The Morgan fingerprint density at radius 3 is 2.38 bits per heavy atom. The Hall–Kier alpha value is -1.86. The Balaban J connectivity index is 1.55. The molecule has 0 atom stereocenters. The van der Waals surface area contributed by atoms with Crippen LogP contribution in [-0.2, 0) is 9.84 Å². The van der Waals surface area contributed by atoms with Crippen molar-refractivity contribution in [3.05, 3.63) is 52.5 Å². The first-order chi connectivity index (χ1) is 15.0. The molecule has 172 valence electrons. The minimum atomic E-state index is -3.44. The molecule has 0 unspecified atom stereocenters. The number of carbonyl (C=O) groups excluding carboxylic acids is 1. The highest BCUT2D eigenvalue weighted by atomic mass is 79.9. The molecule has 2 aromatic carbocycles. The third-order valence-corrected chi connectivity index (χ3v) is 9.11. The van der Waals surface area contributed by atoms with Gasteiger partial charge in [-0.1, -0.05) is 42.8 Å². The van der Waals surface area contributed by atoms with Gasteiger partial charge in [-0.3, -0.25) is 4.79 Å². The number of anilines is 2. The fourth-order valence-corrected chi connectivity index (χ4v) is 6.72. The number of nitrogens with zero attached hydrogens (tertiary/aromatic N) is 1. The first kappa shape index (κ1) is 23.3. The number of rotatable bonds is 5. The summed E-state index contributed by atoms with van der Waals surface area (Å²) >= 11 is 3.54. The number of carbonyl (C=O) groups is 1. The smallest absolute Gasteiger partial charge is 0.257 e. The zero-order valence-corrected chi connectivity index (χ0v) is 21.4. The van der Waals surface area contributed by atoms with Crippen LogP contribution in [0.25, 0.3) is 0 Å². The lowest BCUT2D eigenvalue weighted by molar-refractivity contribution is 0.102. The van der Waals surface area contributed by atoms with Gasteiger partial charge in [-0.2, -0.15) is 0 Å². The Morgan fingerprint density at radius 1 is 1.06 bits per heavy atom. The van der Waals surface area contributed by atoms with Crippen molar-refractivity contribution in [1.29, 1.82) is 0 Å². The summed E-state index contributed by atoms with van der Waals surface area (Å²) in [6, 6.07) is 12.2. The molecule has 1 aliphatic heterocycles. The van der Waals surface area contributed by atoms with E-state index < -0.39 is 9.84 Å². The number of benzene rings is 2. The van der Waals surface area contributed by atoms with Crippen LogP contribution in [0, 0.1) is 10.8 Å². The van der Waals surface area contributed by atoms with E-state index in [1.54, 1.807) is 24.3 Å². The van der Waals surface area contributed by atoms with Gasteiger partial charge >= 0.3 is 0 Å². The fourth-order valence-electron chi connectivity index (χ4n) is 4.48. The normalized spacial score (nSPS) is 17.9. The molecule has 2 aromatic rings. The molecule has 0 radical (unpaired) electrons. The lowest BCUT2D eigenvalue weighted by atomic mass is 9.93. The average Bonchev–Trinajstić information content (AvgIpc) is 3.45. The van der Waals surface area contributed by atoms with E-state index >= 15 is 0 Å². The highest BCUT2D eigenvalue weighted by Gasteiger charge is 2.44. The average molecular weight is 520 g/mol. The lowest BCUT2D eigenvalue weighted by Crippen LogP contribution is -2.35. The van der Waals surface area contributed by atoms with Gasteiger partial charge < -0.3 is 10.2 Å². The summed E-state index contributed by atoms with van der Waals surface area (Å²) in [5, 5.41) is 2.92. The number of nitrogens with one attached hydrogen (secondary N) is 1. The van der Waals surface area contributed by atoms with Gasteiger partial charge in [0.25, 0.3) is 5.91 Å². The predicted molar refractivity (Wildman–Crippen MR) is 133 cm³/mol. The number of hydrogen-bond acceptors (Lipinski definition) is 4. The first-order valence-electron chi connectivity index (χ1n) is 11.2. The van der Waals surface area contributed by atoms with Crippen LogP contribution < -0.4 is 10.2 Å². The van der Waals surface area contributed by atoms with Crippen LogP contribution >= 0.6 is 15.9 Å².